The number of anilines is 2. The first-order chi connectivity index (χ1) is 14.5. The highest BCUT2D eigenvalue weighted by Crippen LogP contribution is 2.20. The highest BCUT2D eigenvalue weighted by atomic mass is 35.5. The lowest BCUT2D eigenvalue weighted by Gasteiger charge is -2.17. The second-order valence-corrected chi connectivity index (χ2v) is 7.30. The van der Waals surface area contributed by atoms with Gasteiger partial charge in [0.25, 0.3) is 0 Å². The standard InChI is InChI=1S/C23H25N7.2ClH/c1-29(21-5-3-4-12-26-21)15-16-6-11-20-19(13-16)28-22(30(20)2)14-27-18-9-7-17(8-10-18)23(24)25;;/h3-13,27H,14-15H2,1-2H3,(H3,24,25);2*1H. The Morgan fingerprint density at radius 3 is 2.50 bits per heavy atom. The Hall–Kier alpha value is -3.29. The van der Waals surface area contributed by atoms with E-state index in [2.05, 4.69) is 38.0 Å². The number of hydrogen-bond donors (Lipinski definition) is 3. The SMILES string of the molecule is CN(Cc1ccc2c(c1)nc(CNc1ccc(C(=N)N)cc1)n2C)c1ccccn1.Cl.Cl. The summed E-state index contributed by atoms with van der Waals surface area (Å²) in [7, 11) is 4.07. The third-order valence-electron chi connectivity index (χ3n) is 5.14. The number of nitrogen functional groups attached to an aromatic ring is 1. The maximum atomic E-state index is 7.48. The molecular formula is C23H27Cl2N7. The summed E-state index contributed by atoms with van der Waals surface area (Å²) in [6, 6.07) is 19.8. The van der Waals surface area contributed by atoms with E-state index in [1.54, 1.807) is 6.20 Å². The molecule has 0 aliphatic rings. The number of hydrogen-bond acceptors (Lipinski definition) is 5. The maximum absolute atomic E-state index is 7.48. The number of amidine groups is 1. The quantitative estimate of drug-likeness (QED) is 0.275. The summed E-state index contributed by atoms with van der Waals surface area (Å²) in [5.74, 6) is 1.97. The summed E-state index contributed by atoms with van der Waals surface area (Å²) in [5.41, 5.74) is 10.5. The molecule has 0 saturated carbocycles. The smallest absolute Gasteiger partial charge is 0.128 e. The topological polar surface area (TPSA) is 95.9 Å². The van der Waals surface area contributed by atoms with Crippen molar-refractivity contribution >= 4 is 53.2 Å². The summed E-state index contributed by atoms with van der Waals surface area (Å²) in [4.78, 5) is 11.4. The van der Waals surface area contributed by atoms with Crippen LogP contribution in [0.3, 0.4) is 0 Å². The molecule has 0 amide bonds. The van der Waals surface area contributed by atoms with E-state index in [0.29, 0.717) is 12.1 Å². The van der Waals surface area contributed by atoms with Gasteiger partial charge in [0, 0.05) is 38.1 Å². The number of nitrogens with one attached hydrogen (secondary N) is 2. The van der Waals surface area contributed by atoms with E-state index in [4.69, 9.17) is 16.1 Å². The van der Waals surface area contributed by atoms with Gasteiger partial charge >= 0.3 is 0 Å². The number of imidazole rings is 1. The fraction of sp³-hybridized carbons (Fsp3) is 0.174. The van der Waals surface area contributed by atoms with E-state index >= 15 is 0 Å². The van der Waals surface area contributed by atoms with Gasteiger partial charge in [0.15, 0.2) is 0 Å². The molecule has 0 aliphatic carbocycles. The van der Waals surface area contributed by atoms with Crippen molar-refractivity contribution in [3.63, 3.8) is 0 Å². The van der Waals surface area contributed by atoms with Gasteiger partial charge in [-0.15, -0.1) is 24.8 Å². The zero-order valence-electron chi connectivity index (χ0n) is 17.9. The molecule has 168 valence electrons. The fourth-order valence-corrected chi connectivity index (χ4v) is 3.43. The minimum absolute atomic E-state index is 0. The predicted molar refractivity (Wildman–Crippen MR) is 136 cm³/mol. The molecule has 9 heteroatoms. The summed E-state index contributed by atoms with van der Waals surface area (Å²) in [6.45, 7) is 1.37. The lowest BCUT2D eigenvalue weighted by Crippen LogP contribution is -2.17. The number of nitrogens with zero attached hydrogens (tertiary/aromatic N) is 4. The van der Waals surface area contributed by atoms with Crippen LogP contribution in [0.4, 0.5) is 11.5 Å². The van der Waals surface area contributed by atoms with Crippen LogP contribution in [0.2, 0.25) is 0 Å². The molecule has 2 heterocycles. The van der Waals surface area contributed by atoms with Gasteiger partial charge in [-0.1, -0.05) is 12.1 Å². The molecule has 0 aliphatic heterocycles. The van der Waals surface area contributed by atoms with Gasteiger partial charge in [-0.05, 0) is 54.1 Å². The molecule has 4 rings (SSSR count). The zero-order valence-corrected chi connectivity index (χ0v) is 19.6. The number of fused-ring (bicyclic) bond motifs is 1. The van der Waals surface area contributed by atoms with Crippen LogP contribution in [0.15, 0.2) is 66.9 Å². The van der Waals surface area contributed by atoms with Gasteiger partial charge in [-0.25, -0.2) is 9.97 Å². The minimum atomic E-state index is 0. The molecule has 4 N–H and O–H groups in total. The Bertz CT molecular complexity index is 1170. The lowest BCUT2D eigenvalue weighted by atomic mass is 10.2. The second-order valence-electron chi connectivity index (χ2n) is 7.30. The minimum Gasteiger partial charge on any atom is -0.384 e. The van der Waals surface area contributed by atoms with Crippen LogP contribution in [-0.4, -0.2) is 27.4 Å². The molecule has 0 atom stereocenters. The number of nitrogens with two attached hydrogens (primary N) is 1. The van der Waals surface area contributed by atoms with Crippen LogP contribution in [-0.2, 0) is 20.1 Å². The first-order valence-electron chi connectivity index (χ1n) is 9.76. The molecule has 2 aromatic carbocycles. The Labute approximate surface area is 200 Å². The first-order valence-corrected chi connectivity index (χ1v) is 9.76. The predicted octanol–water partition coefficient (Wildman–Crippen LogP) is 4.34. The molecule has 0 unspecified atom stereocenters. The second kappa shape index (κ2) is 10.8. The molecule has 0 bridgehead atoms. The maximum Gasteiger partial charge on any atom is 0.128 e. The van der Waals surface area contributed by atoms with Gasteiger partial charge in [0.05, 0.1) is 17.6 Å². The van der Waals surface area contributed by atoms with Crippen molar-refractivity contribution < 1.29 is 0 Å². The Morgan fingerprint density at radius 1 is 1.09 bits per heavy atom. The number of pyridine rings is 1. The van der Waals surface area contributed by atoms with E-state index in [1.807, 2.05) is 56.6 Å². The number of aromatic nitrogens is 3. The van der Waals surface area contributed by atoms with Gasteiger partial charge in [-0.2, -0.15) is 0 Å². The number of aryl methyl sites for hydroxylation is 1. The van der Waals surface area contributed by atoms with Crippen molar-refractivity contribution in [2.24, 2.45) is 12.8 Å². The largest absolute Gasteiger partial charge is 0.384 e. The number of rotatable bonds is 7. The summed E-state index contributed by atoms with van der Waals surface area (Å²) in [5, 5.41) is 10.9. The average Bonchev–Trinajstić information content (AvgIpc) is 3.08. The van der Waals surface area contributed by atoms with E-state index in [9.17, 15) is 0 Å². The van der Waals surface area contributed by atoms with Gasteiger partial charge in [0.2, 0.25) is 0 Å². The van der Waals surface area contributed by atoms with E-state index in [0.717, 1.165) is 34.9 Å². The summed E-state index contributed by atoms with van der Waals surface area (Å²) in [6.07, 6.45) is 1.81. The van der Waals surface area contributed by atoms with Crippen LogP contribution in [0.1, 0.15) is 17.0 Å². The van der Waals surface area contributed by atoms with Gasteiger partial charge < -0.3 is 20.5 Å². The van der Waals surface area contributed by atoms with E-state index < -0.39 is 0 Å². The Balaban J connectivity index is 0.00000181. The molecule has 4 aromatic rings. The zero-order chi connectivity index (χ0) is 21.1. The highest BCUT2D eigenvalue weighted by molar-refractivity contribution is 5.95. The van der Waals surface area contributed by atoms with Crippen molar-refractivity contribution in [1.82, 2.24) is 14.5 Å². The molecule has 0 fully saturated rings. The Kier molecular flexibility index (Phi) is 8.46. The van der Waals surface area contributed by atoms with Crippen LogP contribution in [0.5, 0.6) is 0 Å². The van der Waals surface area contributed by atoms with Crippen LogP contribution in [0, 0.1) is 5.41 Å². The van der Waals surface area contributed by atoms with Crippen molar-refractivity contribution in [3.05, 3.63) is 83.8 Å². The number of halogens is 2. The highest BCUT2D eigenvalue weighted by Gasteiger charge is 2.10. The molecule has 32 heavy (non-hydrogen) atoms. The first kappa shape index (κ1) is 25.0. The molecular weight excluding hydrogens is 445 g/mol. The third kappa shape index (κ3) is 5.49. The summed E-state index contributed by atoms with van der Waals surface area (Å²) < 4.78 is 2.11. The number of benzene rings is 2. The molecule has 0 spiro atoms. The fourth-order valence-electron chi connectivity index (χ4n) is 3.43. The van der Waals surface area contributed by atoms with E-state index in [-0.39, 0.29) is 30.6 Å². The average molecular weight is 472 g/mol. The van der Waals surface area contributed by atoms with Gasteiger partial charge in [-0.3, -0.25) is 5.41 Å². The van der Waals surface area contributed by atoms with Crippen molar-refractivity contribution in [2.75, 3.05) is 17.3 Å². The van der Waals surface area contributed by atoms with Crippen molar-refractivity contribution in [3.8, 4) is 0 Å². The van der Waals surface area contributed by atoms with Crippen molar-refractivity contribution in [2.45, 2.75) is 13.1 Å². The summed E-state index contributed by atoms with van der Waals surface area (Å²) >= 11 is 0. The normalized spacial score (nSPS) is 10.2. The Morgan fingerprint density at radius 2 is 1.84 bits per heavy atom. The molecule has 7 nitrogen and oxygen atoms in total. The molecule has 2 aromatic heterocycles. The van der Waals surface area contributed by atoms with Crippen LogP contribution in [0.25, 0.3) is 11.0 Å². The molecule has 0 saturated heterocycles. The van der Waals surface area contributed by atoms with Gasteiger partial charge in [0.1, 0.15) is 17.5 Å². The lowest BCUT2D eigenvalue weighted by molar-refractivity contribution is 0.834. The van der Waals surface area contributed by atoms with Crippen LogP contribution >= 0.6 is 24.8 Å². The van der Waals surface area contributed by atoms with E-state index in [1.165, 1.54) is 5.56 Å². The van der Waals surface area contributed by atoms with Crippen LogP contribution < -0.4 is 16.0 Å². The monoisotopic (exact) mass is 471 g/mol. The third-order valence-corrected chi connectivity index (χ3v) is 5.14. The molecule has 0 radical (unpaired) electrons. The van der Waals surface area contributed by atoms with Crippen molar-refractivity contribution in [1.29, 1.82) is 5.41 Å².